The number of ether oxygens (including phenoxy) is 1. The van der Waals surface area contributed by atoms with Gasteiger partial charge < -0.3 is 15.0 Å². The normalized spacial score (nSPS) is 18.2. The van der Waals surface area contributed by atoms with Gasteiger partial charge in [-0.1, -0.05) is 43.2 Å². The number of nitrogens with zero attached hydrogens (tertiary/aromatic N) is 1. The van der Waals surface area contributed by atoms with E-state index in [0.29, 0.717) is 17.0 Å². The second-order valence-corrected chi connectivity index (χ2v) is 9.77. The minimum absolute atomic E-state index is 0.0656. The van der Waals surface area contributed by atoms with Crippen LogP contribution in [0.4, 0.5) is 16.2 Å². The highest BCUT2D eigenvalue weighted by atomic mass is 16.6. The summed E-state index contributed by atoms with van der Waals surface area (Å²) in [6.07, 6.45) is 4.02. The van der Waals surface area contributed by atoms with Crippen LogP contribution >= 0.6 is 0 Å². The summed E-state index contributed by atoms with van der Waals surface area (Å²) < 4.78 is 5.62. The lowest BCUT2D eigenvalue weighted by Gasteiger charge is -2.35. The number of aryl methyl sites for hydroxylation is 1. The molecule has 2 N–H and O–H groups in total. The molecule has 0 radical (unpaired) electrons. The van der Waals surface area contributed by atoms with E-state index in [1.165, 1.54) is 18.4 Å². The van der Waals surface area contributed by atoms with Crippen molar-refractivity contribution in [2.45, 2.75) is 44.9 Å². The van der Waals surface area contributed by atoms with Gasteiger partial charge in [0.15, 0.2) is 0 Å². The maximum atomic E-state index is 12.6. The zero-order valence-corrected chi connectivity index (χ0v) is 21.3. The Hall–Kier alpha value is -3.64. The molecule has 0 bridgehead atoms. The fourth-order valence-corrected chi connectivity index (χ4v) is 4.93. The van der Waals surface area contributed by atoms with E-state index in [9.17, 15) is 9.59 Å². The zero-order valence-electron chi connectivity index (χ0n) is 21.3. The van der Waals surface area contributed by atoms with Crippen molar-refractivity contribution in [3.05, 3.63) is 89.5 Å². The largest absolute Gasteiger partial charge is 0.417 e. The lowest BCUT2D eigenvalue weighted by molar-refractivity contribution is 0.102. The molecule has 36 heavy (non-hydrogen) atoms. The fraction of sp³-hybridized carbons (Fsp3) is 0.333. The van der Waals surface area contributed by atoms with E-state index < -0.39 is 6.09 Å². The molecule has 0 saturated carbocycles. The number of nitrogens with one attached hydrogen (secondary N) is 2. The first-order valence-electron chi connectivity index (χ1n) is 12.6. The summed E-state index contributed by atoms with van der Waals surface area (Å²) in [4.78, 5) is 27.5. The molecule has 0 aromatic heterocycles. The van der Waals surface area contributed by atoms with Gasteiger partial charge in [0.25, 0.3) is 5.91 Å². The number of amides is 2. The number of carbonyl (C=O) groups excluding carboxylic acids is 2. The summed E-state index contributed by atoms with van der Waals surface area (Å²) in [7, 11) is 2.18. The van der Waals surface area contributed by atoms with Crippen LogP contribution in [-0.2, 0) is 5.41 Å². The molecule has 1 heterocycles. The van der Waals surface area contributed by atoms with E-state index in [-0.39, 0.29) is 11.3 Å². The van der Waals surface area contributed by atoms with Crippen LogP contribution in [0.5, 0.6) is 5.75 Å². The number of benzene rings is 3. The van der Waals surface area contributed by atoms with E-state index in [2.05, 4.69) is 35.6 Å². The molecule has 1 fully saturated rings. The van der Waals surface area contributed by atoms with Gasteiger partial charge in [-0.25, -0.2) is 4.79 Å². The van der Waals surface area contributed by atoms with Crippen molar-refractivity contribution in [3.63, 3.8) is 0 Å². The predicted molar refractivity (Wildman–Crippen MR) is 145 cm³/mol. The van der Waals surface area contributed by atoms with Crippen LogP contribution in [-0.4, -0.2) is 37.0 Å². The molecule has 1 unspecified atom stereocenters. The summed E-state index contributed by atoms with van der Waals surface area (Å²) in [5, 5.41) is 5.62. The van der Waals surface area contributed by atoms with Crippen molar-refractivity contribution in [1.82, 2.24) is 4.90 Å². The maximum Gasteiger partial charge on any atom is 0.417 e. The third-order valence-corrected chi connectivity index (χ3v) is 7.05. The van der Waals surface area contributed by atoms with Crippen LogP contribution in [0.2, 0.25) is 0 Å². The van der Waals surface area contributed by atoms with E-state index in [4.69, 9.17) is 4.74 Å². The molecule has 1 saturated heterocycles. The molecule has 1 aliphatic heterocycles. The smallest absolute Gasteiger partial charge is 0.410 e. The van der Waals surface area contributed by atoms with Crippen molar-refractivity contribution in [1.29, 1.82) is 0 Å². The van der Waals surface area contributed by atoms with Crippen LogP contribution < -0.4 is 15.4 Å². The molecule has 3 aromatic rings. The summed E-state index contributed by atoms with van der Waals surface area (Å²) in [6.45, 7) is 6.36. The third kappa shape index (κ3) is 6.32. The highest BCUT2D eigenvalue weighted by molar-refractivity contribution is 6.04. The molecule has 3 aromatic carbocycles. The van der Waals surface area contributed by atoms with Gasteiger partial charge in [0.2, 0.25) is 0 Å². The second kappa shape index (κ2) is 11.4. The quantitative estimate of drug-likeness (QED) is 0.412. The van der Waals surface area contributed by atoms with Gasteiger partial charge in [-0.3, -0.25) is 10.1 Å². The Balaban J connectivity index is 1.38. The van der Waals surface area contributed by atoms with Gasteiger partial charge in [-0.05, 0) is 93.9 Å². The summed E-state index contributed by atoms with van der Waals surface area (Å²) in [5.41, 5.74) is 4.20. The molecule has 1 aliphatic rings. The summed E-state index contributed by atoms with van der Waals surface area (Å²) >= 11 is 0. The van der Waals surface area contributed by atoms with Crippen LogP contribution in [0.3, 0.4) is 0 Å². The highest BCUT2D eigenvalue weighted by Crippen LogP contribution is 2.37. The number of hydrogen-bond acceptors (Lipinski definition) is 4. The van der Waals surface area contributed by atoms with Gasteiger partial charge in [0.05, 0.1) is 0 Å². The summed E-state index contributed by atoms with van der Waals surface area (Å²) in [6, 6.07) is 22.3. The van der Waals surface area contributed by atoms with Crippen LogP contribution in [0, 0.1) is 6.92 Å². The number of hydrogen-bond donors (Lipinski definition) is 2. The highest BCUT2D eigenvalue weighted by Gasteiger charge is 2.33. The van der Waals surface area contributed by atoms with Crippen LogP contribution in [0.15, 0.2) is 72.8 Å². The minimum atomic E-state index is -0.562. The summed E-state index contributed by atoms with van der Waals surface area (Å²) in [5.74, 6) is 0.317. The Morgan fingerprint density at radius 2 is 1.64 bits per heavy atom. The van der Waals surface area contributed by atoms with Crippen molar-refractivity contribution in [3.8, 4) is 5.75 Å². The van der Waals surface area contributed by atoms with Crippen molar-refractivity contribution < 1.29 is 14.3 Å². The maximum absolute atomic E-state index is 12.6. The van der Waals surface area contributed by atoms with Gasteiger partial charge in [0.1, 0.15) is 5.75 Å². The zero-order chi connectivity index (χ0) is 25.5. The van der Waals surface area contributed by atoms with Crippen LogP contribution in [0.25, 0.3) is 0 Å². The predicted octanol–water partition coefficient (Wildman–Crippen LogP) is 6.62. The van der Waals surface area contributed by atoms with Gasteiger partial charge >= 0.3 is 6.09 Å². The molecule has 2 amide bonds. The molecule has 0 spiro atoms. The first-order valence-corrected chi connectivity index (χ1v) is 12.6. The lowest BCUT2D eigenvalue weighted by atomic mass is 9.74. The number of rotatable bonds is 6. The first kappa shape index (κ1) is 25.5. The molecular formula is C30H35N3O3. The Morgan fingerprint density at radius 1 is 0.944 bits per heavy atom. The Bertz CT molecular complexity index is 1190. The Labute approximate surface area is 213 Å². The number of anilines is 2. The van der Waals surface area contributed by atoms with Crippen molar-refractivity contribution >= 4 is 23.4 Å². The fourth-order valence-electron chi connectivity index (χ4n) is 4.93. The van der Waals surface area contributed by atoms with Crippen LogP contribution in [0.1, 0.15) is 54.1 Å². The Morgan fingerprint density at radius 3 is 2.36 bits per heavy atom. The SMILES string of the molecule is CCC1(c2cccc(OC(=O)Nc3ccc(C(=O)Nc4ccc(C)cc4)cc3)c2)CCCCN(C)C1. The average Bonchev–Trinajstić information content (AvgIpc) is 3.08. The molecule has 1 atom stereocenters. The van der Waals surface area contributed by atoms with E-state index in [1.54, 1.807) is 24.3 Å². The average molecular weight is 486 g/mol. The molecule has 6 nitrogen and oxygen atoms in total. The van der Waals surface area contributed by atoms with Crippen molar-refractivity contribution in [2.75, 3.05) is 30.8 Å². The van der Waals surface area contributed by atoms with E-state index >= 15 is 0 Å². The topological polar surface area (TPSA) is 70.7 Å². The molecule has 4 rings (SSSR count). The Kier molecular flexibility index (Phi) is 8.06. The molecule has 6 heteroatoms. The monoisotopic (exact) mass is 485 g/mol. The van der Waals surface area contributed by atoms with Gasteiger partial charge in [-0.15, -0.1) is 0 Å². The van der Waals surface area contributed by atoms with Gasteiger partial charge in [-0.2, -0.15) is 0 Å². The molecule has 188 valence electrons. The molecule has 0 aliphatic carbocycles. The number of likely N-dealkylation sites (N-methyl/N-ethyl adjacent to an activating group) is 1. The lowest BCUT2D eigenvalue weighted by Crippen LogP contribution is -2.37. The first-order chi connectivity index (χ1) is 17.4. The standard InChI is InChI=1S/C30H35N3O3/c1-4-30(18-5-6-19-33(3)21-30)24-8-7-9-27(20-24)36-29(35)32-26-16-12-23(13-17-26)28(34)31-25-14-10-22(2)11-15-25/h7-17,20H,4-6,18-19,21H2,1-3H3,(H,31,34)(H,32,35). The van der Waals surface area contributed by atoms with E-state index in [0.717, 1.165) is 37.2 Å². The van der Waals surface area contributed by atoms with Crippen molar-refractivity contribution in [2.24, 2.45) is 0 Å². The third-order valence-electron chi connectivity index (χ3n) is 7.05. The van der Waals surface area contributed by atoms with E-state index in [1.807, 2.05) is 49.4 Å². The number of carbonyl (C=O) groups is 2. The van der Waals surface area contributed by atoms with Gasteiger partial charge in [0, 0.05) is 28.9 Å². The number of likely N-dealkylation sites (tertiary alicyclic amines) is 1. The molecular weight excluding hydrogens is 450 g/mol. The minimum Gasteiger partial charge on any atom is -0.410 e. The second-order valence-electron chi connectivity index (χ2n) is 9.77.